The summed E-state index contributed by atoms with van der Waals surface area (Å²) < 4.78 is 0. The lowest BCUT2D eigenvalue weighted by molar-refractivity contribution is 0.237. The van der Waals surface area contributed by atoms with Crippen molar-refractivity contribution in [3.05, 3.63) is 18.3 Å². The van der Waals surface area contributed by atoms with Crippen molar-refractivity contribution in [1.82, 2.24) is 9.88 Å². The number of nitrogens with zero attached hydrogens (tertiary/aromatic N) is 2. The zero-order chi connectivity index (χ0) is 11.2. The van der Waals surface area contributed by atoms with Gasteiger partial charge in [0, 0.05) is 31.0 Å². The number of nitrogens with two attached hydrogens (primary N) is 1. The molecule has 88 valence electrons. The number of aromatic nitrogens is 1. The molecule has 0 radical (unpaired) electrons. The van der Waals surface area contributed by atoms with Gasteiger partial charge in [-0.1, -0.05) is 6.42 Å². The number of pyridine rings is 1. The second-order valence-electron chi connectivity index (χ2n) is 4.30. The Hall–Kier alpha value is -1.29. The summed E-state index contributed by atoms with van der Waals surface area (Å²) in [4.78, 5) is 6.48. The molecule has 0 atom stereocenters. The standard InChI is InChI=1S/C12H20N4/c13-12-10-11(4-5-15-12)14-6-9-16-7-2-1-3-8-16/h4-5,10H,1-3,6-9H2,(H3,13,14,15). The minimum Gasteiger partial charge on any atom is -0.384 e. The van der Waals surface area contributed by atoms with Crippen molar-refractivity contribution in [2.75, 3.05) is 37.2 Å². The first-order valence-electron chi connectivity index (χ1n) is 6.02. The molecule has 2 heterocycles. The largest absolute Gasteiger partial charge is 0.384 e. The van der Waals surface area contributed by atoms with Crippen molar-refractivity contribution < 1.29 is 0 Å². The number of rotatable bonds is 4. The summed E-state index contributed by atoms with van der Waals surface area (Å²) in [5.41, 5.74) is 6.67. The third kappa shape index (κ3) is 3.38. The molecule has 0 bridgehead atoms. The molecule has 2 rings (SSSR count). The Bertz CT molecular complexity index is 321. The van der Waals surface area contributed by atoms with Crippen LogP contribution in [-0.4, -0.2) is 36.1 Å². The minimum absolute atomic E-state index is 0.572. The SMILES string of the molecule is Nc1cc(NCCN2CCCCC2)ccn1. The Morgan fingerprint density at radius 2 is 2.12 bits per heavy atom. The molecule has 1 fully saturated rings. The topological polar surface area (TPSA) is 54.2 Å². The lowest BCUT2D eigenvalue weighted by atomic mass is 10.1. The number of anilines is 2. The van der Waals surface area contributed by atoms with Gasteiger partial charge in [0.2, 0.25) is 0 Å². The first-order valence-corrected chi connectivity index (χ1v) is 6.02. The molecule has 4 heteroatoms. The van der Waals surface area contributed by atoms with E-state index >= 15 is 0 Å². The van der Waals surface area contributed by atoms with E-state index in [1.165, 1.54) is 32.4 Å². The smallest absolute Gasteiger partial charge is 0.125 e. The van der Waals surface area contributed by atoms with E-state index in [4.69, 9.17) is 5.73 Å². The number of nitrogens with one attached hydrogen (secondary N) is 1. The van der Waals surface area contributed by atoms with Gasteiger partial charge >= 0.3 is 0 Å². The zero-order valence-electron chi connectivity index (χ0n) is 9.65. The second-order valence-corrected chi connectivity index (χ2v) is 4.30. The molecule has 1 aliphatic heterocycles. The molecule has 0 amide bonds. The van der Waals surface area contributed by atoms with Crippen LogP contribution in [0.3, 0.4) is 0 Å². The molecule has 16 heavy (non-hydrogen) atoms. The molecular formula is C12H20N4. The van der Waals surface area contributed by atoms with Crippen LogP contribution in [0.4, 0.5) is 11.5 Å². The normalized spacial score (nSPS) is 17.2. The number of hydrogen-bond donors (Lipinski definition) is 2. The molecule has 0 aromatic carbocycles. The van der Waals surface area contributed by atoms with E-state index in [9.17, 15) is 0 Å². The molecule has 0 spiro atoms. The summed E-state index contributed by atoms with van der Waals surface area (Å²) in [6.45, 7) is 4.59. The van der Waals surface area contributed by atoms with Gasteiger partial charge in [0.15, 0.2) is 0 Å². The summed E-state index contributed by atoms with van der Waals surface area (Å²) in [7, 11) is 0. The van der Waals surface area contributed by atoms with E-state index < -0.39 is 0 Å². The fourth-order valence-electron chi connectivity index (χ4n) is 2.10. The van der Waals surface area contributed by atoms with Crippen molar-refractivity contribution in [2.45, 2.75) is 19.3 Å². The highest BCUT2D eigenvalue weighted by molar-refractivity contribution is 5.49. The third-order valence-electron chi connectivity index (χ3n) is 2.99. The van der Waals surface area contributed by atoms with Crippen molar-refractivity contribution in [3.8, 4) is 0 Å². The van der Waals surface area contributed by atoms with Gasteiger partial charge in [-0.15, -0.1) is 0 Å². The van der Waals surface area contributed by atoms with Gasteiger partial charge in [-0.2, -0.15) is 0 Å². The Morgan fingerprint density at radius 1 is 1.31 bits per heavy atom. The van der Waals surface area contributed by atoms with Gasteiger partial charge in [0.05, 0.1) is 0 Å². The van der Waals surface area contributed by atoms with Gasteiger partial charge in [0.25, 0.3) is 0 Å². The molecule has 1 aliphatic rings. The monoisotopic (exact) mass is 220 g/mol. The maximum absolute atomic E-state index is 5.61. The highest BCUT2D eigenvalue weighted by atomic mass is 15.1. The van der Waals surface area contributed by atoms with Crippen LogP contribution in [0.1, 0.15) is 19.3 Å². The van der Waals surface area contributed by atoms with E-state index in [1.54, 1.807) is 6.20 Å². The van der Waals surface area contributed by atoms with Crippen molar-refractivity contribution in [2.24, 2.45) is 0 Å². The third-order valence-corrected chi connectivity index (χ3v) is 2.99. The van der Waals surface area contributed by atoms with Crippen molar-refractivity contribution >= 4 is 11.5 Å². The number of likely N-dealkylation sites (tertiary alicyclic amines) is 1. The van der Waals surface area contributed by atoms with Crippen molar-refractivity contribution in [3.63, 3.8) is 0 Å². The number of piperidine rings is 1. The highest BCUT2D eigenvalue weighted by Crippen LogP contribution is 2.10. The van der Waals surface area contributed by atoms with Crippen LogP contribution < -0.4 is 11.1 Å². The maximum Gasteiger partial charge on any atom is 0.125 e. The average Bonchev–Trinajstić information content (AvgIpc) is 2.30. The lowest BCUT2D eigenvalue weighted by Gasteiger charge is -2.26. The van der Waals surface area contributed by atoms with E-state index in [-0.39, 0.29) is 0 Å². The average molecular weight is 220 g/mol. The fourth-order valence-corrected chi connectivity index (χ4v) is 2.10. The van der Waals surface area contributed by atoms with Crippen LogP contribution in [0.5, 0.6) is 0 Å². The quantitative estimate of drug-likeness (QED) is 0.808. The van der Waals surface area contributed by atoms with Crippen LogP contribution >= 0.6 is 0 Å². The molecular weight excluding hydrogens is 200 g/mol. The van der Waals surface area contributed by atoms with Crippen molar-refractivity contribution in [1.29, 1.82) is 0 Å². The Labute approximate surface area is 96.8 Å². The fraction of sp³-hybridized carbons (Fsp3) is 0.583. The lowest BCUT2D eigenvalue weighted by Crippen LogP contribution is -2.33. The van der Waals surface area contributed by atoms with E-state index in [1.807, 2.05) is 12.1 Å². The highest BCUT2D eigenvalue weighted by Gasteiger charge is 2.08. The second kappa shape index (κ2) is 5.70. The summed E-state index contributed by atoms with van der Waals surface area (Å²) in [5.74, 6) is 0.572. The molecule has 3 N–H and O–H groups in total. The number of hydrogen-bond acceptors (Lipinski definition) is 4. The molecule has 4 nitrogen and oxygen atoms in total. The van der Waals surface area contributed by atoms with Crippen LogP contribution in [-0.2, 0) is 0 Å². The molecule has 1 aromatic rings. The Morgan fingerprint density at radius 3 is 2.88 bits per heavy atom. The Balaban J connectivity index is 1.71. The van der Waals surface area contributed by atoms with Crippen LogP contribution in [0.15, 0.2) is 18.3 Å². The first-order chi connectivity index (χ1) is 7.84. The summed E-state index contributed by atoms with van der Waals surface area (Å²) >= 11 is 0. The molecule has 0 unspecified atom stereocenters. The predicted octanol–water partition coefficient (Wildman–Crippen LogP) is 1.56. The summed E-state index contributed by atoms with van der Waals surface area (Å²) in [6, 6.07) is 3.82. The molecule has 1 saturated heterocycles. The van der Waals surface area contributed by atoms with Gasteiger partial charge in [-0.3, -0.25) is 0 Å². The zero-order valence-corrected chi connectivity index (χ0v) is 9.65. The van der Waals surface area contributed by atoms with Gasteiger partial charge in [-0.05, 0) is 32.0 Å². The van der Waals surface area contributed by atoms with Gasteiger partial charge in [0.1, 0.15) is 5.82 Å². The maximum atomic E-state index is 5.61. The van der Waals surface area contributed by atoms with E-state index in [0.717, 1.165) is 18.8 Å². The predicted molar refractivity (Wildman–Crippen MR) is 67.4 cm³/mol. The molecule has 0 saturated carbocycles. The van der Waals surface area contributed by atoms with Crippen LogP contribution in [0.25, 0.3) is 0 Å². The Kier molecular flexibility index (Phi) is 3.99. The van der Waals surface area contributed by atoms with Gasteiger partial charge < -0.3 is 16.0 Å². The first kappa shape index (κ1) is 11.2. The summed E-state index contributed by atoms with van der Waals surface area (Å²) in [5, 5.41) is 3.37. The van der Waals surface area contributed by atoms with Crippen LogP contribution in [0.2, 0.25) is 0 Å². The summed E-state index contributed by atoms with van der Waals surface area (Å²) in [6.07, 6.45) is 5.83. The van der Waals surface area contributed by atoms with Gasteiger partial charge in [-0.25, -0.2) is 4.98 Å². The van der Waals surface area contributed by atoms with E-state index in [0.29, 0.717) is 5.82 Å². The van der Waals surface area contributed by atoms with Crippen LogP contribution in [0, 0.1) is 0 Å². The number of nitrogen functional groups attached to an aromatic ring is 1. The minimum atomic E-state index is 0.572. The molecule has 0 aliphatic carbocycles. The van der Waals surface area contributed by atoms with E-state index in [2.05, 4.69) is 15.2 Å². The molecule has 1 aromatic heterocycles.